The Hall–Kier alpha value is -6.72. The van der Waals surface area contributed by atoms with Crippen LogP contribution in [0.25, 0.3) is 44.2 Å². The van der Waals surface area contributed by atoms with Crippen molar-refractivity contribution in [2.75, 3.05) is 4.90 Å². The van der Waals surface area contributed by atoms with E-state index in [-0.39, 0.29) is 24.0 Å². The fraction of sp³-hybridized carbons (Fsp3) is 0.137. The Kier molecular flexibility index (Phi) is 7.90. The maximum Gasteiger partial charge on any atom is 0.169 e. The third-order valence-corrected chi connectivity index (χ3v) is 11.8. The number of fused-ring (bicyclic) bond motifs is 6. The lowest BCUT2D eigenvalue weighted by Gasteiger charge is -2.34. The lowest BCUT2D eigenvalue weighted by molar-refractivity contribution is 0.668. The van der Waals surface area contributed by atoms with Crippen LogP contribution >= 0.6 is 0 Å². The highest BCUT2D eigenvalue weighted by atomic mass is 16.3. The molecule has 1 aromatic heterocycles. The molecule has 0 fully saturated rings. The molecule has 6 aromatic rings. The standard InChI is InChI=1S/C51H40N4O/c1-4-15-33(16-5-1)39-24-13-27-44-47(39)41-23-10-11-26-43(41)55(44)38-22-12-21-36(31-38)50-52-49(35-19-8-3-9-20-35)53-51(54-50)37-29-30-42-46(32-37)56-45-28-14-25-40(48(42)45)34-17-6-2-7-18-34/h1-2,4-8,10-30,32,36,41,43,49H,3,9,31H2,(H,52,53,54). The van der Waals surface area contributed by atoms with E-state index in [1.807, 2.05) is 0 Å². The number of allylic oxidation sites excluding steroid dienone is 7. The van der Waals surface area contributed by atoms with Gasteiger partial charge in [-0.2, -0.15) is 0 Å². The molecule has 2 aliphatic heterocycles. The summed E-state index contributed by atoms with van der Waals surface area (Å²) >= 11 is 0. The molecule has 3 aliphatic carbocycles. The van der Waals surface area contributed by atoms with Gasteiger partial charge in [-0.05, 0) is 76.6 Å². The zero-order valence-corrected chi connectivity index (χ0v) is 30.9. The van der Waals surface area contributed by atoms with E-state index < -0.39 is 0 Å². The maximum atomic E-state index is 6.54. The van der Waals surface area contributed by atoms with Gasteiger partial charge in [-0.1, -0.05) is 146 Å². The first-order chi connectivity index (χ1) is 27.8. The summed E-state index contributed by atoms with van der Waals surface area (Å²) in [6.45, 7) is 0. The van der Waals surface area contributed by atoms with Crippen LogP contribution < -0.4 is 10.2 Å². The fourth-order valence-electron chi connectivity index (χ4n) is 9.24. The molecule has 5 nitrogen and oxygen atoms in total. The number of anilines is 1. The van der Waals surface area contributed by atoms with Gasteiger partial charge in [0.2, 0.25) is 0 Å². The van der Waals surface area contributed by atoms with Crippen LogP contribution in [0.3, 0.4) is 0 Å². The first-order valence-corrected chi connectivity index (χ1v) is 19.8. The summed E-state index contributed by atoms with van der Waals surface area (Å²) in [6, 6.07) is 41.1. The minimum atomic E-state index is -0.326. The lowest BCUT2D eigenvalue weighted by Crippen LogP contribution is -2.42. The highest BCUT2D eigenvalue weighted by molar-refractivity contribution is 6.16. The number of aliphatic imine (C=N–C) groups is 2. The molecule has 270 valence electrons. The molecule has 3 heterocycles. The Balaban J connectivity index is 0.943. The van der Waals surface area contributed by atoms with Gasteiger partial charge in [-0.25, -0.2) is 9.98 Å². The third-order valence-electron chi connectivity index (χ3n) is 11.8. The van der Waals surface area contributed by atoms with Crippen molar-refractivity contribution in [1.29, 1.82) is 0 Å². The Morgan fingerprint density at radius 1 is 0.679 bits per heavy atom. The number of amidine groups is 2. The molecular formula is C51H40N4O. The quantitative estimate of drug-likeness (QED) is 0.186. The van der Waals surface area contributed by atoms with Crippen molar-refractivity contribution in [3.8, 4) is 22.3 Å². The zero-order chi connectivity index (χ0) is 37.0. The molecule has 1 N–H and O–H groups in total. The van der Waals surface area contributed by atoms with Crippen molar-refractivity contribution in [2.24, 2.45) is 15.9 Å². The van der Waals surface area contributed by atoms with Crippen LogP contribution in [0.5, 0.6) is 0 Å². The lowest BCUT2D eigenvalue weighted by atomic mass is 9.86. The van der Waals surface area contributed by atoms with Gasteiger partial charge in [0.25, 0.3) is 0 Å². The van der Waals surface area contributed by atoms with Crippen molar-refractivity contribution >= 4 is 39.3 Å². The molecule has 5 aliphatic rings. The molecule has 4 unspecified atom stereocenters. The number of benzene rings is 5. The summed E-state index contributed by atoms with van der Waals surface area (Å²) in [5.41, 5.74) is 12.7. The fourth-order valence-corrected chi connectivity index (χ4v) is 9.24. The molecule has 11 rings (SSSR count). The van der Waals surface area contributed by atoms with Crippen LogP contribution in [-0.4, -0.2) is 23.9 Å². The number of rotatable bonds is 6. The summed E-state index contributed by atoms with van der Waals surface area (Å²) in [6.07, 6.45) is 25.2. The number of nitrogens with one attached hydrogen (secondary N) is 1. The van der Waals surface area contributed by atoms with E-state index in [0.717, 1.165) is 64.0 Å². The predicted molar refractivity (Wildman–Crippen MR) is 231 cm³/mol. The molecule has 0 spiro atoms. The van der Waals surface area contributed by atoms with E-state index in [1.165, 1.54) is 39.2 Å². The Bertz CT molecular complexity index is 2780. The largest absolute Gasteiger partial charge is 0.456 e. The topological polar surface area (TPSA) is 53.1 Å². The molecule has 0 radical (unpaired) electrons. The second-order valence-corrected chi connectivity index (χ2v) is 15.1. The van der Waals surface area contributed by atoms with E-state index in [2.05, 4.69) is 186 Å². The summed E-state index contributed by atoms with van der Waals surface area (Å²) in [5, 5.41) is 5.98. The van der Waals surface area contributed by atoms with Crippen LogP contribution in [0.15, 0.2) is 202 Å². The van der Waals surface area contributed by atoms with Gasteiger partial charge < -0.3 is 14.6 Å². The van der Waals surface area contributed by atoms with Gasteiger partial charge >= 0.3 is 0 Å². The average Bonchev–Trinajstić information content (AvgIpc) is 3.83. The third kappa shape index (κ3) is 5.53. The van der Waals surface area contributed by atoms with Crippen LogP contribution in [0.1, 0.15) is 36.3 Å². The predicted octanol–water partition coefficient (Wildman–Crippen LogP) is 11.8. The van der Waals surface area contributed by atoms with E-state index in [0.29, 0.717) is 0 Å². The molecule has 0 bridgehead atoms. The molecular weight excluding hydrogens is 685 g/mol. The molecule has 5 heteroatoms. The van der Waals surface area contributed by atoms with E-state index >= 15 is 0 Å². The van der Waals surface area contributed by atoms with Gasteiger partial charge in [0, 0.05) is 46.0 Å². The van der Waals surface area contributed by atoms with Crippen molar-refractivity contribution in [2.45, 2.75) is 37.4 Å². The number of hydrogen-bond donors (Lipinski definition) is 1. The van der Waals surface area contributed by atoms with E-state index in [1.54, 1.807) is 0 Å². The van der Waals surface area contributed by atoms with Crippen LogP contribution in [0.4, 0.5) is 5.69 Å². The molecule has 0 amide bonds. The highest BCUT2D eigenvalue weighted by Crippen LogP contribution is 2.50. The monoisotopic (exact) mass is 724 g/mol. The molecule has 4 atom stereocenters. The zero-order valence-electron chi connectivity index (χ0n) is 30.9. The Labute approximate surface area is 326 Å². The van der Waals surface area contributed by atoms with Crippen LogP contribution in [-0.2, 0) is 0 Å². The summed E-state index contributed by atoms with van der Waals surface area (Å²) < 4.78 is 6.54. The van der Waals surface area contributed by atoms with Crippen molar-refractivity contribution in [3.63, 3.8) is 0 Å². The average molecular weight is 725 g/mol. The normalized spacial score (nSPS) is 22.3. The van der Waals surface area contributed by atoms with Gasteiger partial charge in [0.05, 0.1) is 6.04 Å². The SMILES string of the molecule is C1=CC(C2=NC(C3=CCCC=C3)N=C(c3ccc4c(c3)oc3cccc(-c5ccccc5)c34)N2)CC(N2c3cccc(-c4ccccc4)c3C3C=CC=CC32)=C1. The first-order valence-electron chi connectivity index (χ1n) is 19.8. The van der Waals surface area contributed by atoms with Gasteiger partial charge in [0.1, 0.15) is 22.8 Å². The molecule has 0 saturated carbocycles. The van der Waals surface area contributed by atoms with Crippen LogP contribution in [0.2, 0.25) is 0 Å². The summed E-state index contributed by atoms with van der Waals surface area (Å²) in [5.74, 6) is 2.06. The molecule has 56 heavy (non-hydrogen) atoms. The summed E-state index contributed by atoms with van der Waals surface area (Å²) in [7, 11) is 0. The van der Waals surface area contributed by atoms with Gasteiger partial charge in [-0.15, -0.1) is 0 Å². The molecule has 5 aromatic carbocycles. The Morgan fingerprint density at radius 2 is 1.48 bits per heavy atom. The first kappa shape index (κ1) is 32.7. The number of nitrogens with zero attached hydrogens (tertiary/aromatic N) is 3. The Morgan fingerprint density at radius 3 is 2.32 bits per heavy atom. The minimum Gasteiger partial charge on any atom is -0.456 e. The van der Waals surface area contributed by atoms with Crippen LogP contribution in [0, 0.1) is 5.92 Å². The number of hydrogen-bond acceptors (Lipinski definition) is 5. The van der Waals surface area contributed by atoms with E-state index in [9.17, 15) is 0 Å². The minimum absolute atomic E-state index is 0.0439. The van der Waals surface area contributed by atoms with Gasteiger partial charge in [0.15, 0.2) is 6.17 Å². The highest BCUT2D eigenvalue weighted by Gasteiger charge is 2.41. The number of furan rings is 1. The van der Waals surface area contributed by atoms with Gasteiger partial charge in [-0.3, -0.25) is 0 Å². The van der Waals surface area contributed by atoms with Crippen molar-refractivity contribution in [3.05, 3.63) is 198 Å². The smallest absolute Gasteiger partial charge is 0.169 e. The summed E-state index contributed by atoms with van der Waals surface area (Å²) in [4.78, 5) is 13.2. The molecule has 0 saturated heterocycles. The second-order valence-electron chi connectivity index (χ2n) is 15.1. The van der Waals surface area contributed by atoms with Crippen molar-refractivity contribution in [1.82, 2.24) is 5.32 Å². The maximum absolute atomic E-state index is 6.54. The second kappa shape index (κ2) is 13.5. The van der Waals surface area contributed by atoms with E-state index in [4.69, 9.17) is 14.4 Å². The van der Waals surface area contributed by atoms with Crippen molar-refractivity contribution < 1.29 is 4.42 Å².